The number of ether oxygens (including phenoxy) is 2. The molecule has 0 aromatic heterocycles. The Morgan fingerprint density at radius 1 is 1.10 bits per heavy atom. The summed E-state index contributed by atoms with van der Waals surface area (Å²) in [6.07, 6.45) is 0.252. The lowest BCUT2D eigenvalue weighted by Gasteiger charge is -2.16. The van der Waals surface area contributed by atoms with Gasteiger partial charge in [0.25, 0.3) is 0 Å². The highest BCUT2D eigenvalue weighted by Gasteiger charge is 2.14. The van der Waals surface area contributed by atoms with Crippen LogP contribution in [-0.4, -0.2) is 43.6 Å². The van der Waals surface area contributed by atoms with Crippen molar-refractivity contribution in [2.45, 2.75) is 20.3 Å². The first-order chi connectivity index (χ1) is 9.56. The van der Waals surface area contributed by atoms with Gasteiger partial charge in [-0.3, -0.25) is 9.59 Å². The number of benzene rings is 1. The zero-order valence-corrected chi connectivity index (χ0v) is 12.2. The maximum Gasteiger partial charge on any atom is 0.325 e. The molecular formula is C15H21NO4. The van der Waals surface area contributed by atoms with Crippen LogP contribution >= 0.6 is 0 Å². The van der Waals surface area contributed by atoms with Crippen LogP contribution in [0.25, 0.3) is 0 Å². The van der Waals surface area contributed by atoms with E-state index in [2.05, 4.69) is 0 Å². The summed E-state index contributed by atoms with van der Waals surface area (Å²) in [5, 5.41) is 0. The minimum absolute atomic E-state index is 0.0241. The molecule has 0 radical (unpaired) electrons. The van der Waals surface area contributed by atoms with E-state index in [0.717, 1.165) is 11.3 Å². The van der Waals surface area contributed by atoms with Gasteiger partial charge >= 0.3 is 5.97 Å². The van der Waals surface area contributed by atoms with Crippen LogP contribution in [0, 0.1) is 0 Å². The molecule has 0 bridgehead atoms. The van der Waals surface area contributed by atoms with Crippen LogP contribution in [0.4, 0.5) is 0 Å². The lowest BCUT2D eigenvalue weighted by atomic mass is 10.1. The molecule has 1 aromatic carbocycles. The number of amides is 1. The van der Waals surface area contributed by atoms with Crippen LogP contribution in [0.1, 0.15) is 19.4 Å². The molecule has 5 heteroatoms. The molecule has 0 fully saturated rings. The summed E-state index contributed by atoms with van der Waals surface area (Å²) in [5.74, 6) is 0.265. The first-order valence-corrected chi connectivity index (χ1v) is 6.68. The molecule has 1 rings (SSSR count). The quantitative estimate of drug-likeness (QED) is 0.712. The van der Waals surface area contributed by atoms with Gasteiger partial charge in [0.2, 0.25) is 5.91 Å². The Balaban J connectivity index is 2.50. The summed E-state index contributed by atoms with van der Waals surface area (Å²) in [7, 11) is 1.59. The van der Waals surface area contributed by atoms with Gasteiger partial charge in [0.05, 0.1) is 19.6 Å². The number of carbonyl (C=O) groups excluding carboxylic acids is 2. The van der Waals surface area contributed by atoms with Gasteiger partial charge in [0, 0.05) is 7.05 Å². The van der Waals surface area contributed by atoms with Crippen molar-refractivity contribution in [3.05, 3.63) is 29.8 Å². The number of rotatable bonds is 7. The number of esters is 1. The molecule has 1 aromatic rings. The number of likely N-dealkylation sites (N-methyl/N-ethyl adjacent to an activating group) is 1. The van der Waals surface area contributed by atoms with Crippen molar-refractivity contribution < 1.29 is 19.1 Å². The molecular weight excluding hydrogens is 258 g/mol. The first kappa shape index (κ1) is 16.0. The van der Waals surface area contributed by atoms with E-state index in [4.69, 9.17) is 9.47 Å². The van der Waals surface area contributed by atoms with Crippen molar-refractivity contribution in [2.75, 3.05) is 26.8 Å². The summed E-state index contributed by atoms with van der Waals surface area (Å²) < 4.78 is 10.1. The van der Waals surface area contributed by atoms with Crippen LogP contribution < -0.4 is 4.74 Å². The molecule has 5 nitrogen and oxygen atoms in total. The van der Waals surface area contributed by atoms with Crippen LogP contribution in [0.15, 0.2) is 24.3 Å². The molecule has 0 N–H and O–H groups in total. The smallest absolute Gasteiger partial charge is 0.325 e. The maximum absolute atomic E-state index is 11.9. The Morgan fingerprint density at radius 3 is 2.30 bits per heavy atom. The van der Waals surface area contributed by atoms with Crippen molar-refractivity contribution >= 4 is 11.9 Å². The van der Waals surface area contributed by atoms with Crippen LogP contribution in [-0.2, 0) is 20.7 Å². The van der Waals surface area contributed by atoms with Gasteiger partial charge in [-0.1, -0.05) is 12.1 Å². The van der Waals surface area contributed by atoms with E-state index in [0.29, 0.717) is 13.2 Å². The molecule has 0 unspecified atom stereocenters. The lowest BCUT2D eigenvalue weighted by Crippen LogP contribution is -2.34. The Hall–Kier alpha value is -2.04. The molecule has 0 aliphatic carbocycles. The van der Waals surface area contributed by atoms with E-state index in [1.807, 2.05) is 31.2 Å². The van der Waals surface area contributed by atoms with Gasteiger partial charge in [0.15, 0.2) is 0 Å². The average molecular weight is 279 g/mol. The second kappa shape index (κ2) is 8.19. The molecule has 20 heavy (non-hydrogen) atoms. The van der Waals surface area contributed by atoms with E-state index < -0.39 is 5.97 Å². The molecule has 0 saturated heterocycles. The summed E-state index contributed by atoms with van der Waals surface area (Å²) in [4.78, 5) is 24.6. The molecule has 0 aliphatic heterocycles. The SMILES string of the molecule is CCOC(=O)CN(C)C(=O)Cc1ccc(OCC)cc1. The summed E-state index contributed by atoms with van der Waals surface area (Å²) in [6, 6.07) is 7.36. The van der Waals surface area contributed by atoms with E-state index in [1.165, 1.54) is 4.90 Å². The predicted octanol–water partition coefficient (Wildman–Crippen LogP) is 1.65. The number of hydrogen-bond acceptors (Lipinski definition) is 4. The average Bonchev–Trinajstić information content (AvgIpc) is 2.41. The highest BCUT2D eigenvalue weighted by molar-refractivity contribution is 5.83. The zero-order chi connectivity index (χ0) is 15.0. The second-order valence-corrected chi connectivity index (χ2v) is 4.31. The van der Waals surface area contributed by atoms with Crippen molar-refractivity contribution in [2.24, 2.45) is 0 Å². The van der Waals surface area contributed by atoms with E-state index in [9.17, 15) is 9.59 Å². The van der Waals surface area contributed by atoms with Crippen LogP contribution in [0.2, 0.25) is 0 Å². The van der Waals surface area contributed by atoms with Gasteiger partial charge in [-0.2, -0.15) is 0 Å². The fourth-order valence-electron chi connectivity index (χ4n) is 1.67. The van der Waals surface area contributed by atoms with Gasteiger partial charge in [-0.05, 0) is 31.5 Å². The van der Waals surface area contributed by atoms with Crippen LogP contribution in [0.5, 0.6) is 5.75 Å². The van der Waals surface area contributed by atoms with Gasteiger partial charge in [0.1, 0.15) is 12.3 Å². The normalized spacial score (nSPS) is 9.95. The third-order valence-corrected chi connectivity index (χ3v) is 2.69. The number of carbonyl (C=O) groups is 2. The number of nitrogens with zero attached hydrogens (tertiary/aromatic N) is 1. The Morgan fingerprint density at radius 2 is 1.75 bits per heavy atom. The highest BCUT2D eigenvalue weighted by atomic mass is 16.5. The third kappa shape index (κ3) is 5.30. The monoisotopic (exact) mass is 279 g/mol. The predicted molar refractivity (Wildman–Crippen MR) is 75.6 cm³/mol. The molecule has 0 heterocycles. The summed E-state index contributed by atoms with van der Waals surface area (Å²) in [5.41, 5.74) is 0.883. The molecule has 0 saturated carbocycles. The Kier molecular flexibility index (Phi) is 6.56. The summed E-state index contributed by atoms with van der Waals surface area (Å²) in [6.45, 7) is 4.56. The van der Waals surface area contributed by atoms with E-state index >= 15 is 0 Å². The molecule has 1 amide bonds. The highest BCUT2D eigenvalue weighted by Crippen LogP contribution is 2.13. The largest absolute Gasteiger partial charge is 0.494 e. The molecule has 0 atom stereocenters. The van der Waals surface area contributed by atoms with Crippen molar-refractivity contribution in [1.29, 1.82) is 0 Å². The lowest BCUT2D eigenvalue weighted by molar-refractivity contribution is -0.147. The van der Waals surface area contributed by atoms with Crippen molar-refractivity contribution in [3.8, 4) is 5.75 Å². The zero-order valence-electron chi connectivity index (χ0n) is 12.2. The Labute approximate surface area is 119 Å². The second-order valence-electron chi connectivity index (χ2n) is 4.31. The summed E-state index contributed by atoms with van der Waals surface area (Å²) >= 11 is 0. The standard InChI is InChI=1S/C15H21NO4/c1-4-19-13-8-6-12(7-9-13)10-14(17)16(3)11-15(18)20-5-2/h6-9H,4-5,10-11H2,1-3H3. The minimum Gasteiger partial charge on any atom is -0.494 e. The first-order valence-electron chi connectivity index (χ1n) is 6.68. The van der Waals surface area contributed by atoms with Crippen molar-refractivity contribution in [1.82, 2.24) is 4.90 Å². The molecule has 110 valence electrons. The topological polar surface area (TPSA) is 55.8 Å². The number of hydrogen-bond donors (Lipinski definition) is 0. The van der Waals surface area contributed by atoms with Crippen molar-refractivity contribution in [3.63, 3.8) is 0 Å². The minimum atomic E-state index is -0.393. The van der Waals surface area contributed by atoms with Crippen LogP contribution in [0.3, 0.4) is 0 Å². The van der Waals surface area contributed by atoms with Gasteiger partial charge in [-0.15, -0.1) is 0 Å². The van der Waals surface area contributed by atoms with E-state index in [-0.39, 0.29) is 18.9 Å². The maximum atomic E-state index is 11.9. The fraction of sp³-hybridized carbons (Fsp3) is 0.467. The van der Waals surface area contributed by atoms with Gasteiger partial charge in [-0.25, -0.2) is 0 Å². The third-order valence-electron chi connectivity index (χ3n) is 2.69. The Bertz CT molecular complexity index is 442. The van der Waals surface area contributed by atoms with E-state index in [1.54, 1.807) is 14.0 Å². The van der Waals surface area contributed by atoms with Gasteiger partial charge < -0.3 is 14.4 Å². The fourth-order valence-corrected chi connectivity index (χ4v) is 1.67. The molecule has 0 spiro atoms. The molecule has 0 aliphatic rings.